The van der Waals surface area contributed by atoms with Crippen LogP contribution >= 0.6 is 0 Å². The van der Waals surface area contributed by atoms with Crippen molar-refractivity contribution >= 4 is 5.96 Å². The Morgan fingerprint density at radius 3 is 2.42 bits per heavy atom. The number of benzene rings is 1. The molecule has 1 rings (SSSR count). The minimum atomic E-state index is -4.15. The zero-order valence-corrected chi connectivity index (χ0v) is 14.6. The van der Waals surface area contributed by atoms with E-state index in [2.05, 4.69) is 15.6 Å². The van der Waals surface area contributed by atoms with E-state index in [0.29, 0.717) is 32.0 Å². The lowest BCUT2D eigenvalue weighted by Crippen LogP contribution is -2.39. The van der Waals surface area contributed by atoms with Gasteiger partial charge in [-0.15, -0.1) is 0 Å². The average Bonchev–Trinajstić information content (AvgIpc) is 2.49. The van der Waals surface area contributed by atoms with Crippen LogP contribution in [0, 0.1) is 6.92 Å². The Hall–Kier alpha value is -1.76. The van der Waals surface area contributed by atoms with Gasteiger partial charge in [0.25, 0.3) is 0 Å². The number of hydrogen-bond acceptors (Lipinski definition) is 2. The van der Waals surface area contributed by atoms with Crippen LogP contribution in [0.15, 0.2) is 29.3 Å². The highest BCUT2D eigenvalue weighted by Gasteiger charge is 2.28. The van der Waals surface area contributed by atoms with E-state index >= 15 is 0 Å². The number of hydrogen-bond donors (Lipinski definition) is 2. The summed E-state index contributed by atoms with van der Waals surface area (Å²) in [5.41, 5.74) is 2.32. The summed E-state index contributed by atoms with van der Waals surface area (Å²) in [5.74, 6) is 0.677. The first kappa shape index (κ1) is 20.3. The van der Waals surface area contributed by atoms with E-state index in [1.54, 1.807) is 0 Å². The second-order valence-electron chi connectivity index (χ2n) is 5.81. The molecule has 0 heterocycles. The van der Waals surface area contributed by atoms with Crippen molar-refractivity contribution in [2.45, 2.75) is 33.0 Å². The molecule has 0 unspecified atom stereocenters. The topological polar surface area (TPSA) is 39.7 Å². The monoisotopic (exact) mass is 344 g/mol. The lowest BCUT2D eigenvalue weighted by molar-refractivity contribution is -0.143. The Kier molecular flexibility index (Phi) is 8.60. The van der Waals surface area contributed by atoms with Gasteiger partial charge in [-0.1, -0.05) is 29.8 Å². The van der Waals surface area contributed by atoms with Gasteiger partial charge in [0.1, 0.15) is 0 Å². The zero-order valence-electron chi connectivity index (χ0n) is 14.6. The Bertz CT molecular complexity index is 498. The van der Waals surface area contributed by atoms with Crippen LogP contribution in [0.5, 0.6) is 0 Å². The lowest BCUT2D eigenvalue weighted by Gasteiger charge is -2.18. The van der Waals surface area contributed by atoms with Crippen LogP contribution in [-0.4, -0.2) is 50.3 Å². The van der Waals surface area contributed by atoms with Crippen molar-refractivity contribution in [3.8, 4) is 0 Å². The van der Waals surface area contributed by atoms with E-state index in [-0.39, 0.29) is 0 Å². The van der Waals surface area contributed by atoms with Gasteiger partial charge in [0.15, 0.2) is 5.96 Å². The Morgan fingerprint density at radius 1 is 1.17 bits per heavy atom. The first-order valence-corrected chi connectivity index (χ1v) is 8.13. The third-order valence-corrected chi connectivity index (χ3v) is 3.34. The van der Waals surface area contributed by atoms with Gasteiger partial charge in [-0.3, -0.25) is 4.90 Å². The molecular formula is C17H27F3N4. The molecule has 7 heteroatoms. The van der Waals surface area contributed by atoms with E-state index in [4.69, 9.17) is 0 Å². The number of nitrogens with zero attached hydrogens (tertiary/aromatic N) is 2. The number of rotatable bonds is 8. The first-order valence-electron chi connectivity index (χ1n) is 8.13. The van der Waals surface area contributed by atoms with Gasteiger partial charge in [0, 0.05) is 13.1 Å². The van der Waals surface area contributed by atoms with Gasteiger partial charge in [-0.05, 0) is 39.4 Å². The first-order chi connectivity index (χ1) is 11.3. The van der Waals surface area contributed by atoms with E-state index < -0.39 is 12.7 Å². The average molecular weight is 344 g/mol. The predicted octanol–water partition coefficient (Wildman–Crippen LogP) is 2.93. The standard InChI is InChI=1S/C17H27F3N4/c1-4-21-16(23-12-15-8-6-14(2)7-9-15)22-10-5-11-24(3)13-17(18,19)20/h6-9H,4-5,10-13H2,1-3H3,(H2,21,22,23). The number of aliphatic imine (C=N–C) groups is 1. The molecule has 1 aromatic rings. The molecule has 4 nitrogen and oxygen atoms in total. The van der Waals surface area contributed by atoms with Crippen molar-refractivity contribution in [1.82, 2.24) is 15.5 Å². The zero-order chi connectivity index (χ0) is 18.0. The quantitative estimate of drug-likeness (QED) is 0.433. The fourth-order valence-corrected chi connectivity index (χ4v) is 2.15. The van der Waals surface area contributed by atoms with Crippen LogP contribution in [0.3, 0.4) is 0 Å². The Morgan fingerprint density at radius 2 is 1.83 bits per heavy atom. The third-order valence-electron chi connectivity index (χ3n) is 3.34. The Labute approximate surface area is 142 Å². The fraction of sp³-hybridized carbons (Fsp3) is 0.588. The van der Waals surface area contributed by atoms with Crippen LogP contribution in [-0.2, 0) is 6.54 Å². The van der Waals surface area contributed by atoms with Crippen molar-refractivity contribution in [3.63, 3.8) is 0 Å². The molecule has 0 atom stereocenters. The summed E-state index contributed by atoms with van der Waals surface area (Å²) in [4.78, 5) is 5.77. The van der Waals surface area contributed by atoms with Crippen molar-refractivity contribution < 1.29 is 13.2 Å². The molecule has 0 bridgehead atoms. The highest BCUT2D eigenvalue weighted by molar-refractivity contribution is 5.79. The Balaban J connectivity index is 2.37. The van der Waals surface area contributed by atoms with Crippen molar-refractivity contribution in [3.05, 3.63) is 35.4 Å². The van der Waals surface area contributed by atoms with E-state index in [1.807, 2.05) is 38.1 Å². The summed E-state index contributed by atoms with van der Waals surface area (Å²) in [6.45, 7) is 5.37. The summed E-state index contributed by atoms with van der Waals surface area (Å²) in [6, 6.07) is 8.16. The number of nitrogens with one attached hydrogen (secondary N) is 2. The van der Waals surface area contributed by atoms with Crippen molar-refractivity contribution in [2.24, 2.45) is 4.99 Å². The number of alkyl halides is 3. The second kappa shape index (κ2) is 10.2. The molecule has 0 amide bonds. The van der Waals surface area contributed by atoms with Crippen molar-refractivity contribution in [1.29, 1.82) is 0 Å². The number of aryl methyl sites for hydroxylation is 1. The third kappa shape index (κ3) is 9.39. The summed E-state index contributed by atoms with van der Waals surface area (Å²) in [7, 11) is 1.48. The summed E-state index contributed by atoms with van der Waals surface area (Å²) >= 11 is 0. The summed E-state index contributed by atoms with van der Waals surface area (Å²) in [5, 5.41) is 6.29. The van der Waals surface area contributed by atoms with Gasteiger partial charge < -0.3 is 10.6 Å². The lowest BCUT2D eigenvalue weighted by atomic mass is 10.1. The minimum absolute atomic E-state index is 0.379. The van der Waals surface area contributed by atoms with Crippen LogP contribution < -0.4 is 10.6 Å². The summed E-state index contributed by atoms with van der Waals surface area (Å²) < 4.78 is 36.7. The molecule has 136 valence electrons. The largest absolute Gasteiger partial charge is 0.401 e. The molecule has 0 fully saturated rings. The van der Waals surface area contributed by atoms with Gasteiger partial charge in [0.05, 0.1) is 13.1 Å². The van der Waals surface area contributed by atoms with Gasteiger partial charge in [-0.25, -0.2) is 4.99 Å². The molecule has 0 saturated carbocycles. The van der Waals surface area contributed by atoms with Gasteiger partial charge in [0.2, 0.25) is 0 Å². The predicted molar refractivity (Wildman–Crippen MR) is 92.2 cm³/mol. The van der Waals surface area contributed by atoms with Crippen molar-refractivity contribution in [2.75, 3.05) is 33.2 Å². The SMILES string of the molecule is CCNC(=NCc1ccc(C)cc1)NCCCN(C)CC(F)(F)F. The van der Waals surface area contributed by atoms with Gasteiger partial charge >= 0.3 is 6.18 Å². The highest BCUT2D eigenvalue weighted by Crippen LogP contribution is 2.15. The highest BCUT2D eigenvalue weighted by atomic mass is 19.4. The maximum absolute atomic E-state index is 12.2. The maximum atomic E-state index is 12.2. The smallest absolute Gasteiger partial charge is 0.357 e. The van der Waals surface area contributed by atoms with Crippen LogP contribution in [0.2, 0.25) is 0 Å². The molecular weight excluding hydrogens is 317 g/mol. The normalized spacial score (nSPS) is 12.5. The molecule has 0 radical (unpaired) electrons. The molecule has 1 aromatic carbocycles. The number of guanidine groups is 1. The van der Waals surface area contributed by atoms with Crippen LogP contribution in [0.4, 0.5) is 13.2 Å². The molecule has 0 saturated heterocycles. The minimum Gasteiger partial charge on any atom is -0.357 e. The van der Waals surface area contributed by atoms with Gasteiger partial charge in [-0.2, -0.15) is 13.2 Å². The molecule has 0 aliphatic carbocycles. The fourth-order valence-electron chi connectivity index (χ4n) is 2.15. The second-order valence-corrected chi connectivity index (χ2v) is 5.81. The van der Waals surface area contributed by atoms with Crippen LogP contribution in [0.25, 0.3) is 0 Å². The number of halogens is 3. The molecule has 0 aliphatic heterocycles. The molecule has 24 heavy (non-hydrogen) atoms. The molecule has 0 spiro atoms. The summed E-state index contributed by atoms with van der Waals surface area (Å²) in [6.07, 6.45) is -3.53. The molecule has 0 aliphatic rings. The van der Waals surface area contributed by atoms with E-state index in [1.165, 1.54) is 17.5 Å². The van der Waals surface area contributed by atoms with E-state index in [9.17, 15) is 13.2 Å². The molecule has 2 N–H and O–H groups in total. The van der Waals surface area contributed by atoms with Crippen LogP contribution in [0.1, 0.15) is 24.5 Å². The maximum Gasteiger partial charge on any atom is 0.401 e. The molecule has 0 aromatic heterocycles. The van der Waals surface area contributed by atoms with E-state index in [0.717, 1.165) is 12.1 Å².